The van der Waals surface area contributed by atoms with Crippen LogP contribution in [0.1, 0.15) is 74.6 Å². The minimum absolute atomic E-state index is 0.127. The fourth-order valence-corrected chi connectivity index (χ4v) is 6.07. The molecule has 0 spiro atoms. The van der Waals surface area contributed by atoms with Gasteiger partial charge in [0, 0.05) is 37.0 Å². The van der Waals surface area contributed by atoms with Crippen LogP contribution in [0.5, 0.6) is 5.75 Å². The van der Waals surface area contributed by atoms with Crippen LogP contribution in [-0.4, -0.2) is 52.4 Å². The molecule has 1 aliphatic heterocycles. The Bertz CT molecular complexity index is 1140. The Morgan fingerprint density at radius 3 is 2.33 bits per heavy atom. The number of hydrogen-bond acceptors (Lipinski definition) is 5. The van der Waals surface area contributed by atoms with Crippen LogP contribution in [0.15, 0.2) is 42.5 Å². The number of ether oxygens (including phenoxy) is 1. The average Bonchev–Trinajstić information content (AvgIpc) is 3.24. The summed E-state index contributed by atoms with van der Waals surface area (Å²) in [4.78, 5) is 38.9. The molecule has 1 saturated heterocycles. The number of amides is 2. The Labute approximate surface area is 236 Å². The Morgan fingerprint density at radius 2 is 1.74 bits per heavy atom. The number of carbonyl (C=O) groups excluding carboxylic acids is 2. The van der Waals surface area contributed by atoms with Gasteiger partial charge in [0.05, 0.1) is 12.5 Å². The van der Waals surface area contributed by atoms with Gasteiger partial charge in [0.2, 0.25) is 11.8 Å². The second kappa shape index (κ2) is 13.4. The van der Waals surface area contributed by atoms with E-state index in [1.165, 1.54) is 16.0 Å². The molecule has 7 nitrogen and oxygen atoms in total. The molecule has 0 bridgehead atoms. The van der Waals surface area contributed by atoms with Crippen molar-refractivity contribution in [2.24, 2.45) is 11.8 Å². The summed E-state index contributed by atoms with van der Waals surface area (Å²) in [6, 6.07) is 14.5. The highest BCUT2D eigenvalue weighted by molar-refractivity contribution is 6.30. The van der Waals surface area contributed by atoms with Crippen molar-refractivity contribution in [1.29, 1.82) is 0 Å². The van der Waals surface area contributed by atoms with Crippen LogP contribution in [0.2, 0.25) is 5.02 Å². The van der Waals surface area contributed by atoms with Gasteiger partial charge in [-0.1, -0.05) is 42.8 Å². The fourth-order valence-electron chi connectivity index (χ4n) is 5.94. The lowest BCUT2D eigenvalue weighted by Crippen LogP contribution is -2.35. The van der Waals surface area contributed by atoms with E-state index in [0.717, 1.165) is 61.5 Å². The molecule has 4 rings (SSSR count). The fraction of sp³-hybridized carbons (Fsp3) is 0.516. The number of hydrogen-bond donors (Lipinski definition) is 1. The van der Waals surface area contributed by atoms with Crippen LogP contribution in [0.3, 0.4) is 0 Å². The van der Waals surface area contributed by atoms with Crippen LogP contribution >= 0.6 is 11.6 Å². The monoisotopic (exact) mass is 554 g/mol. The van der Waals surface area contributed by atoms with Crippen molar-refractivity contribution < 1.29 is 24.2 Å². The second-order valence-electron chi connectivity index (χ2n) is 10.8. The van der Waals surface area contributed by atoms with Gasteiger partial charge in [0.25, 0.3) is 0 Å². The van der Waals surface area contributed by atoms with Crippen LogP contribution in [0.25, 0.3) is 0 Å². The van der Waals surface area contributed by atoms with E-state index >= 15 is 0 Å². The molecule has 39 heavy (non-hydrogen) atoms. The smallest absolute Gasteiger partial charge is 0.306 e. The number of nitrogens with zero attached hydrogens (tertiary/aromatic N) is 2. The molecule has 0 aromatic heterocycles. The van der Waals surface area contributed by atoms with E-state index < -0.39 is 5.97 Å². The first-order chi connectivity index (χ1) is 18.7. The van der Waals surface area contributed by atoms with Gasteiger partial charge in [0.15, 0.2) is 0 Å². The number of carbonyl (C=O) groups is 3. The van der Waals surface area contributed by atoms with Gasteiger partial charge in [-0.2, -0.15) is 0 Å². The zero-order chi connectivity index (χ0) is 27.9. The molecule has 1 atom stereocenters. The summed E-state index contributed by atoms with van der Waals surface area (Å²) >= 11 is 6.17. The summed E-state index contributed by atoms with van der Waals surface area (Å²) in [5.41, 5.74) is 3.41. The second-order valence-corrected chi connectivity index (χ2v) is 11.3. The predicted molar refractivity (Wildman–Crippen MR) is 151 cm³/mol. The summed E-state index contributed by atoms with van der Waals surface area (Å²) < 4.78 is 5.94. The van der Waals surface area contributed by atoms with E-state index in [1.807, 2.05) is 25.1 Å². The Morgan fingerprint density at radius 1 is 1.08 bits per heavy atom. The van der Waals surface area contributed by atoms with Crippen molar-refractivity contribution in [1.82, 2.24) is 9.80 Å². The Hall–Kier alpha value is -2.90. The largest absolute Gasteiger partial charge is 0.491 e. The SMILES string of the molecule is CCC(c1ccc(Cl)cc1)N(Cc1ccc(OCCN2C(=O)CCC2=O)c(C)c1)C[C@H]1CC[C@H](C(=O)O)CC1. The number of carboxylic acid groups (broad SMARTS) is 1. The van der Waals surface area contributed by atoms with Crippen molar-refractivity contribution in [2.45, 2.75) is 71.4 Å². The van der Waals surface area contributed by atoms with Crippen LogP contribution in [0, 0.1) is 18.8 Å². The van der Waals surface area contributed by atoms with Crippen molar-refractivity contribution in [2.75, 3.05) is 19.7 Å². The van der Waals surface area contributed by atoms with Crippen molar-refractivity contribution in [3.05, 3.63) is 64.2 Å². The lowest BCUT2D eigenvalue weighted by atomic mass is 9.81. The maximum absolute atomic E-state index is 11.8. The van der Waals surface area contributed by atoms with Crippen LogP contribution in [-0.2, 0) is 20.9 Å². The zero-order valence-corrected chi connectivity index (χ0v) is 23.7. The molecule has 1 heterocycles. The molecule has 2 aromatic carbocycles. The minimum Gasteiger partial charge on any atom is -0.491 e. The van der Waals surface area contributed by atoms with Crippen molar-refractivity contribution in [3.8, 4) is 5.75 Å². The highest BCUT2D eigenvalue weighted by Crippen LogP contribution is 2.34. The minimum atomic E-state index is -0.672. The first kappa shape index (κ1) is 29.1. The van der Waals surface area contributed by atoms with E-state index in [0.29, 0.717) is 18.8 Å². The van der Waals surface area contributed by atoms with Crippen LogP contribution in [0.4, 0.5) is 0 Å². The molecule has 1 N–H and O–H groups in total. The van der Waals surface area contributed by atoms with E-state index in [1.54, 1.807) is 0 Å². The Balaban J connectivity index is 1.45. The maximum Gasteiger partial charge on any atom is 0.306 e. The molecule has 2 aliphatic rings. The lowest BCUT2D eigenvalue weighted by molar-refractivity contribution is -0.143. The summed E-state index contributed by atoms with van der Waals surface area (Å²) in [5, 5.41) is 10.1. The maximum atomic E-state index is 11.8. The molecular formula is C31H39ClN2O5. The molecule has 1 aliphatic carbocycles. The standard InChI is InChI=1S/C31H39ClN2O5/c1-3-27(24-9-11-26(32)12-10-24)33(19-22-4-7-25(8-5-22)31(37)38)20-23-6-13-28(21(2)18-23)39-17-16-34-29(35)14-15-30(34)36/h6,9-13,18,22,25,27H,3-5,7-8,14-17,19-20H2,1-2H3,(H,37,38)/t22-,25-,27?. The first-order valence-electron chi connectivity index (χ1n) is 14.0. The highest BCUT2D eigenvalue weighted by atomic mass is 35.5. The third-order valence-corrected chi connectivity index (χ3v) is 8.38. The molecule has 2 amide bonds. The summed E-state index contributed by atoms with van der Waals surface area (Å²) in [7, 11) is 0. The van der Waals surface area contributed by atoms with Gasteiger partial charge < -0.3 is 9.84 Å². The normalized spacial score (nSPS) is 20.5. The third-order valence-electron chi connectivity index (χ3n) is 8.12. The zero-order valence-electron chi connectivity index (χ0n) is 22.9. The van der Waals surface area contributed by atoms with Crippen molar-refractivity contribution in [3.63, 3.8) is 0 Å². The molecule has 1 saturated carbocycles. The van der Waals surface area contributed by atoms with E-state index in [4.69, 9.17) is 16.3 Å². The van der Waals surface area contributed by atoms with Gasteiger partial charge in [-0.15, -0.1) is 0 Å². The number of aryl methyl sites for hydroxylation is 1. The molecule has 8 heteroatoms. The number of carboxylic acids is 1. The number of imide groups is 1. The topological polar surface area (TPSA) is 87.2 Å². The molecular weight excluding hydrogens is 516 g/mol. The molecule has 1 unspecified atom stereocenters. The molecule has 210 valence electrons. The van der Waals surface area contributed by atoms with E-state index in [9.17, 15) is 19.5 Å². The number of rotatable bonds is 12. The lowest BCUT2D eigenvalue weighted by Gasteiger charge is -2.36. The summed E-state index contributed by atoms with van der Waals surface area (Å²) in [6.07, 6.45) is 4.87. The molecule has 0 radical (unpaired) electrons. The highest BCUT2D eigenvalue weighted by Gasteiger charge is 2.30. The summed E-state index contributed by atoms with van der Waals surface area (Å²) in [5.74, 6) is 0.0682. The van der Waals surface area contributed by atoms with Crippen LogP contribution < -0.4 is 4.74 Å². The van der Waals surface area contributed by atoms with Gasteiger partial charge in [0.1, 0.15) is 12.4 Å². The number of likely N-dealkylation sites (tertiary alicyclic amines) is 1. The van der Waals surface area contributed by atoms with Gasteiger partial charge in [-0.3, -0.25) is 24.2 Å². The Kier molecular flexibility index (Phi) is 10.0. The molecule has 2 aromatic rings. The number of benzene rings is 2. The van der Waals surface area contributed by atoms with E-state index in [2.05, 4.69) is 36.1 Å². The van der Waals surface area contributed by atoms with Gasteiger partial charge in [-0.25, -0.2) is 0 Å². The quantitative estimate of drug-likeness (QED) is 0.323. The van der Waals surface area contributed by atoms with Crippen molar-refractivity contribution >= 4 is 29.4 Å². The predicted octanol–water partition coefficient (Wildman–Crippen LogP) is 6.02. The number of aliphatic carboxylic acids is 1. The molecule has 2 fully saturated rings. The average molecular weight is 555 g/mol. The van der Waals surface area contributed by atoms with E-state index in [-0.39, 0.29) is 36.9 Å². The first-order valence-corrected chi connectivity index (χ1v) is 14.4. The number of halogens is 1. The third kappa shape index (κ3) is 7.61. The summed E-state index contributed by atoms with van der Waals surface area (Å²) in [6.45, 7) is 6.43. The van der Waals surface area contributed by atoms with Gasteiger partial charge >= 0.3 is 5.97 Å². The van der Waals surface area contributed by atoms with Gasteiger partial charge in [-0.05, 0) is 79.8 Å².